The van der Waals surface area contributed by atoms with Crippen LogP contribution in [-0.4, -0.2) is 59.6 Å². The van der Waals surface area contributed by atoms with Crippen molar-refractivity contribution in [1.29, 1.82) is 0 Å². The lowest BCUT2D eigenvalue weighted by molar-refractivity contribution is 0.0794. The van der Waals surface area contributed by atoms with Crippen molar-refractivity contribution < 1.29 is 0 Å². The zero-order valence-electron chi connectivity index (χ0n) is 8.82. The number of rotatable bonds is 1. The number of piperazine rings is 1. The Labute approximate surface area is 91.0 Å². The lowest BCUT2D eigenvalue weighted by Gasteiger charge is -2.40. The highest BCUT2D eigenvalue weighted by Crippen LogP contribution is 2.27. The molecule has 80 valence electrons. The van der Waals surface area contributed by atoms with E-state index in [0.717, 1.165) is 12.1 Å². The Morgan fingerprint density at radius 3 is 2.71 bits per heavy atom. The number of hydrogen-bond acceptors (Lipinski definition) is 3. The molecule has 3 saturated heterocycles. The van der Waals surface area contributed by atoms with E-state index in [0.29, 0.717) is 0 Å². The summed E-state index contributed by atoms with van der Waals surface area (Å²) in [7, 11) is 0. The van der Waals surface area contributed by atoms with Gasteiger partial charge in [0.25, 0.3) is 0 Å². The van der Waals surface area contributed by atoms with E-state index in [1.54, 1.807) is 0 Å². The lowest BCUT2D eigenvalue weighted by Crippen LogP contribution is -2.53. The molecule has 3 aliphatic heterocycles. The molecule has 2 unspecified atom stereocenters. The van der Waals surface area contributed by atoms with Gasteiger partial charge in [0.05, 0.1) is 0 Å². The maximum absolute atomic E-state index is 2.77. The highest BCUT2D eigenvalue weighted by molar-refractivity contribution is 7.99. The van der Waals surface area contributed by atoms with Crippen LogP contribution in [0.2, 0.25) is 0 Å². The Morgan fingerprint density at radius 2 is 1.86 bits per heavy atom. The normalized spacial score (nSPS) is 40.3. The molecule has 0 aromatic carbocycles. The van der Waals surface area contributed by atoms with Gasteiger partial charge in [-0.25, -0.2) is 0 Å². The van der Waals surface area contributed by atoms with Gasteiger partial charge in [0.2, 0.25) is 0 Å². The van der Waals surface area contributed by atoms with Gasteiger partial charge in [-0.2, -0.15) is 11.8 Å². The lowest BCUT2D eigenvalue weighted by atomic mass is 10.1. The summed E-state index contributed by atoms with van der Waals surface area (Å²) in [6.45, 7) is 5.41. The van der Waals surface area contributed by atoms with Gasteiger partial charge in [0.1, 0.15) is 0 Å². The Kier molecular flexibility index (Phi) is 2.73. The van der Waals surface area contributed by atoms with Gasteiger partial charge in [0.15, 0.2) is 0 Å². The molecule has 14 heavy (non-hydrogen) atoms. The molecule has 0 radical (unpaired) electrons. The van der Waals surface area contributed by atoms with Crippen LogP contribution >= 0.6 is 11.8 Å². The van der Waals surface area contributed by atoms with E-state index < -0.39 is 0 Å². The molecule has 0 aliphatic carbocycles. The molecule has 0 saturated carbocycles. The highest BCUT2D eigenvalue weighted by Gasteiger charge is 2.34. The van der Waals surface area contributed by atoms with Crippen LogP contribution in [0.3, 0.4) is 0 Å². The van der Waals surface area contributed by atoms with E-state index in [-0.39, 0.29) is 0 Å². The predicted octanol–water partition coefficient (Wildman–Crippen LogP) is 1.27. The van der Waals surface area contributed by atoms with Gasteiger partial charge in [-0.1, -0.05) is 0 Å². The smallest absolute Gasteiger partial charge is 0.0224 e. The molecule has 3 fully saturated rings. The van der Waals surface area contributed by atoms with Crippen molar-refractivity contribution in [3.63, 3.8) is 0 Å². The fourth-order valence-corrected chi connectivity index (χ4v) is 4.41. The first-order valence-electron chi connectivity index (χ1n) is 5.99. The van der Waals surface area contributed by atoms with Crippen LogP contribution in [0.4, 0.5) is 0 Å². The van der Waals surface area contributed by atoms with Crippen LogP contribution in [0.25, 0.3) is 0 Å². The zero-order chi connectivity index (χ0) is 9.38. The van der Waals surface area contributed by atoms with Crippen molar-refractivity contribution in [3.05, 3.63) is 0 Å². The second-order valence-electron chi connectivity index (χ2n) is 4.84. The number of fused-ring (bicyclic) bond motifs is 1. The molecule has 2 atom stereocenters. The van der Waals surface area contributed by atoms with Crippen LogP contribution in [-0.2, 0) is 0 Å². The van der Waals surface area contributed by atoms with Gasteiger partial charge in [-0.05, 0) is 31.6 Å². The zero-order valence-corrected chi connectivity index (χ0v) is 9.64. The minimum atomic E-state index is 0.911. The van der Waals surface area contributed by atoms with E-state index in [4.69, 9.17) is 0 Å². The summed E-state index contributed by atoms with van der Waals surface area (Å²) in [6.07, 6.45) is 4.34. The van der Waals surface area contributed by atoms with E-state index in [9.17, 15) is 0 Å². The average Bonchev–Trinajstić information content (AvgIpc) is 2.88. The molecule has 3 rings (SSSR count). The van der Waals surface area contributed by atoms with Crippen molar-refractivity contribution in [3.8, 4) is 0 Å². The largest absolute Gasteiger partial charge is 0.298 e. The third-order valence-electron chi connectivity index (χ3n) is 4.04. The molecule has 3 heteroatoms. The van der Waals surface area contributed by atoms with Crippen LogP contribution in [0.1, 0.15) is 19.3 Å². The Balaban J connectivity index is 1.60. The molecular formula is C11H20N2S. The van der Waals surface area contributed by atoms with Crippen LogP contribution < -0.4 is 0 Å². The van der Waals surface area contributed by atoms with Crippen LogP contribution in [0.15, 0.2) is 0 Å². The average molecular weight is 212 g/mol. The Morgan fingerprint density at radius 1 is 0.929 bits per heavy atom. The number of nitrogens with zero attached hydrogens (tertiary/aromatic N) is 2. The maximum Gasteiger partial charge on any atom is 0.0224 e. The third-order valence-corrected chi connectivity index (χ3v) is 5.19. The van der Waals surface area contributed by atoms with E-state index in [2.05, 4.69) is 21.6 Å². The van der Waals surface area contributed by atoms with E-state index in [1.165, 1.54) is 56.9 Å². The third kappa shape index (κ3) is 1.70. The van der Waals surface area contributed by atoms with Crippen molar-refractivity contribution >= 4 is 11.8 Å². The highest BCUT2D eigenvalue weighted by atomic mass is 32.2. The Bertz CT molecular complexity index is 203. The minimum absolute atomic E-state index is 0.911. The van der Waals surface area contributed by atoms with Gasteiger partial charge < -0.3 is 0 Å². The van der Waals surface area contributed by atoms with Crippen molar-refractivity contribution in [1.82, 2.24) is 9.80 Å². The molecule has 2 nitrogen and oxygen atoms in total. The molecule has 3 aliphatic rings. The van der Waals surface area contributed by atoms with Crippen LogP contribution in [0, 0.1) is 0 Å². The topological polar surface area (TPSA) is 6.48 Å². The summed E-state index contributed by atoms with van der Waals surface area (Å²) in [5, 5.41) is 0. The standard InChI is InChI=1S/C11H20N2S/c1-2-10-8-13(6-5-12(10)4-1)11-3-7-14-9-11/h10-11H,1-9H2. The second-order valence-corrected chi connectivity index (χ2v) is 5.99. The summed E-state index contributed by atoms with van der Waals surface area (Å²) in [5.74, 6) is 2.79. The first-order valence-corrected chi connectivity index (χ1v) is 7.15. The van der Waals surface area contributed by atoms with Gasteiger partial charge >= 0.3 is 0 Å². The SMILES string of the molecule is C1CC2CN(C3CCSC3)CCN2C1. The summed E-state index contributed by atoms with van der Waals surface area (Å²) < 4.78 is 0. The monoisotopic (exact) mass is 212 g/mol. The Hall–Kier alpha value is 0.270. The first kappa shape index (κ1) is 9.49. The van der Waals surface area contributed by atoms with E-state index >= 15 is 0 Å². The minimum Gasteiger partial charge on any atom is -0.298 e. The molecule has 0 aromatic heterocycles. The van der Waals surface area contributed by atoms with Crippen LogP contribution in [0.5, 0.6) is 0 Å². The molecule has 0 N–H and O–H groups in total. The molecular weight excluding hydrogens is 192 g/mol. The second kappa shape index (κ2) is 4.03. The summed E-state index contributed by atoms with van der Waals surface area (Å²) in [5.41, 5.74) is 0. The van der Waals surface area contributed by atoms with Gasteiger partial charge in [-0.3, -0.25) is 9.80 Å². The fourth-order valence-electron chi connectivity index (χ4n) is 3.16. The molecule has 0 bridgehead atoms. The van der Waals surface area contributed by atoms with Crippen molar-refractivity contribution in [2.45, 2.75) is 31.3 Å². The summed E-state index contributed by atoms with van der Waals surface area (Å²) in [6, 6.07) is 1.83. The van der Waals surface area contributed by atoms with Crippen molar-refractivity contribution in [2.75, 3.05) is 37.7 Å². The van der Waals surface area contributed by atoms with Gasteiger partial charge in [-0.15, -0.1) is 0 Å². The summed E-state index contributed by atoms with van der Waals surface area (Å²) >= 11 is 2.15. The number of thioether (sulfide) groups is 1. The maximum atomic E-state index is 2.77. The molecule has 0 amide bonds. The fraction of sp³-hybridized carbons (Fsp3) is 1.00. The quantitative estimate of drug-likeness (QED) is 0.646. The molecule has 3 heterocycles. The molecule has 0 spiro atoms. The van der Waals surface area contributed by atoms with Gasteiger partial charge in [0, 0.05) is 37.5 Å². The molecule has 0 aromatic rings. The first-order chi connectivity index (χ1) is 6.93. The van der Waals surface area contributed by atoms with Crippen molar-refractivity contribution in [2.24, 2.45) is 0 Å². The van der Waals surface area contributed by atoms with E-state index in [1.807, 2.05) is 0 Å². The summed E-state index contributed by atoms with van der Waals surface area (Å²) in [4.78, 5) is 5.48. The number of hydrogen-bond donors (Lipinski definition) is 0. The predicted molar refractivity (Wildman–Crippen MR) is 61.9 cm³/mol.